The summed E-state index contributed by atoms with van der Waals surface area (Å²) in [4.78, 5) is 12.5. The summed E-state index contributed by atoms with van der Waals surface area (Å²) in [6, 6.07) is 2.37. The van der Waals surface area contributed by atoms with Crippen LogP contribution in [0.15, 0.2) is 0 Å². The van der Waals surface area contributed by atoms with Crippen molar-refractivity contribution in [1.29, 1.82) is 5.26 Å². The molecule has 3 heteroatoms. The van der Waals surface area contributed by atoms with Gasteiger partial charge < -0.3 is 5.32 Å². The maximum Gasteiger partial charge on any atom is 0.227 e. The second kappa shape index (κ2) is 5.30. The molecule has 2 aliphatic carbocycles. The molecule has 100 valence electrons. The van der Waals surface area contributed by atoms with Crippen LogP contribution in [-0.2, 0) is 4.79 Å². The number of carbonyl (C=O) groups is 1. The van der Waals surface area contributed by atoms with E-state index >= 15 is 0 Å². The zero-order valence-electron chi connectivity index (χ0n) is 11.4. The van der Waals surface area contributed by atoms with E-state index < -0.39 is 5.54 Å². The van der Waals surface area contributed by atoms with Crippen LogP contribution in [0.1, 0.15) is 71.1 Å². The first-order chi connectivity index (χ1) is 8.60. The molecule has 0 radical (unpaired) electrons. The third-order valence-electron chi connectivity index (χ3n) is 4.78. The van der Waals surface area contributed by atoms with Crippen LogP contribution in [0.5, 0.6) is 0 Å². The Morgan fingerprint density at radius 3 is 2.00 bits per heavy atom. The molecule has 3 nitrogen and oxygen atoms in total. The minimum Gasteiger partial charge on any atom is -0.337 e. The highest BCUT2D eigenvalue weighted by atomic mass is 16.2. The van der Waals surface area contributed by atoms with Gasteiger partial charge in [0.1, 0.15) is 5.54 Å². The Labute approximate surface area is 110 Å². The zero-order chi connectivity index (χ0) is 13.1. The van der Waals surface area contributed by atoms with E-state index in [1.807, 2.05) is 0 Å². The molecule has 0 aromatic carbocycles. The standard InChI is InChI=1S/C15H24N2O/c1-14(8-4-2-5-9-14)13(18)17-15(12-16)10-6-3-7-11-15/h2-11H2,1H3,(H,17,18). The first-order valence-electron chi connectivity index (χ1n) is 7.34. The fourth-order valence-electron chi connectivity index (χ4n) is 3.35. The lowest BCUT2D eigenvalue weighted by Crippen LogP contribution is -2.53. The minimum absolute atomic E-state index is 0.116. The molecule has 0 saturated heterocycles. The monoisotopic (exact) mass is 248 g/mol. The van der Waals surface area contributed by atoms with Crippen molar-refractivity contribution in [3.63, 3.8) is 0 Å². The van der Waals surface area contributed by atoms with Gasteiger partial charge in [0, 0.05) is 5.41 Å². The normalized spacial score (nSPS) is 26.0. The molecule has 2 aliphatic rings. The van der Waals surface area contributed by atoms with Crippen molar-refractivity contribution in [1.82, 2.24) is 5.32 Å². The van der Waals surface area contributed by atoms with E-state index in [4.69, 9.17) is 0 Å². The molecule has 0 aliphatic heterocycles. The summed E-state index contributed by atoms with van der Waals surface area (Å²) < 4.78 is 0. The third kappa shape index (κ3) is 2.68. The number of amides is 1. The van der Waals surface area contributed by atoms with Gasteiger partial charge in [-0.2, -0.15) is 5.26 Å². The highest BCUT2D eigenvalue weighted by molar-refractivity contribution is 5.83. The second-order valence-electron chi connectivity index (χ2n) is 6.33. The number of carbonyl (C=O) groups excluding carboxylic acids is 1. The van der Waals surface area contributed by atoms with Gasteiger partial charge in [-0.3, -0.25) is 4.79 Å². The quantitative estimate of drug-likeness (QED) is 0.815. The number of nitrogens with one attached hydrogen (secondary N) is 1. The summed E-state index contributed by atoms with van der Waals surface area (Å²) in [5, 5.41) is 12.5. The van der Waals surface area contributed by atoms with E-state index in [-0.39, 0.29) is 11.3 Å². The van der Waals surface area contributed by atoms with Gasteiger partial charge in [-0.15, -0.1) is 0 Å². The molecule has 0 aromatic heterocycles. The number of rotatable bonds is 2. The average molecular weight is 248 g/mol. The van der Waals surface area contributed by atoms with E-state index in [1.54, 1.807) is 0 Å². The predicted octanol–water partition coefficient (Wildman–Crippen LogP) is 3.30. The number of nitriles is 1. The molecule has 0 heterocycles. The van der Waals surface area contributed by atoms with Crippen LogP contribution in [0.25, 0.3) is 0 Å². The van der Waals surface area contributed by atoms with E-state index in [2.05, 4.69) is 18.3 Å². The summed E-state index contributed by atoms with van der Waals surface area (Å²) in [6.07, 6.45) is 10.4. The lowest BCUT2D eigenvalue weighted by atomic mass is 9.73. The number of hydrogen-bond acceptors (Lipinski definition) is 2. The fraction of sp³-hybridized carbons (Fsp3) is 0.867. The lowest BCUT2D eigenvalue weighted by Gasteiger charge is -2.38. The smallest absolute Gasteiger partial charge is 0.227 e. The summed E-state index contributed by atoms with van der Waals surface area (Å²) in [5.41, 5.74) is -0.810. The Morgan fingerprint density at radius 1 is 1.00 bits per heavy atom. The van der Waals surface area contributed by atoms with Crippen LogP contribution >= 0.6 is 0 Å². The highest BCUT2D eigenvalue weighted by Gasteiger charge is 2.40. The van der Waals surface area contributed by atoms with Gasteiger partial charge in [-0.1, -0.05) is 45.4 Å². The molecule has 0 unspecified atom stereocenters. The van der Waals surface area contributed by atoms with Crippen molar-refractivity contribution < 1.29 is 4.79 Å². The molecule has 0 aromatic rings. The Bertz CT molecular complexity index is 344. The van der Waals surface area contributed by atoms with Gasteiger partial charge in [0.05, 0.1) is 6.07 Å². The van der Waals surface area contributed by atoms with Crippen LogP contribution in [0.4, 0.5) is 0 Å². The highest BCUT2D eigenvalue weighted by Crippen LogP contribution is 2.37. The molecule has 1 amide bonds. The lowest BCUT2D eigenvalue weighted by molar-refractivity contribution is -0.133. The summed E-state index contributed by atoms with van der Waals surface area (Å²) >= 11 is 0. The summed E-state index contributed by atoms with van der Waals surface area (Å²) in [7, 11) is 0. The first kappa shape index (κ1) is 13.4. The molecule has 2 rings (SSSR count). The Balaban J connectivity index is 2.03. The topological polar surface area (TPSA) is 52.9 Å². The number of hydrogen-bond donors (Lipinski definition) is 1. The van der Waals surface area contributed by atoms with Crippen molar-refractivity contribution in [2.75, 3.05) is 0 Å². The first-order valence-corrected chi connectivity index (χ1v) is 7.34. The van der Waals surface area contributed by atoms with Crippen LogP contribution in [0, 0.1) is 16.7 Å². The van der Waals surface area contributed by atoms with Gasteiger partial charge in [-0.25, -0.2) is 0 Å². The molecule has 0 spiro atoms. The largest absolute Gasteiger partial charge is 0.337 e. The van der Waals surface area contributed by atoms with Gasteiger partial charge in [0.2, 0.25) is 5.91 Å². The molecule has 1 N–H and O–H groups in total. The molecule has 0 bridgehead atoms. The second-order valence-corrected chi connectivity index (χ2v) is 6.33. The van der Waals surface area contributed by atoms with Crippen LogP contribution < -0.4 is 5.32 Å². The Morgan fingerprint density at radius 2 is 1.50 bits per heavy atom. The molecular weight excluding hydrogens is 224 g/mol. The van der Waals surface area contributed by atoms with E-state index in [0.29, 0.717) is 0 Å². The molecule has 2 fully saturated rings. The molecule has 2 saturated carbocycles. The maximum absolute atomic E-state index is 12.5. The van der Waals surface area contributed by atoms with Gasteiger partial charge >= 0.3 is 0 Å². The maximum atomic E-state index is 12.5. The van der Waals surface area contributed by atoms with Gasteiger partial charge in [0.25, 0.3) is 0 Å². The Kier molecular flexibility index (Phi) is 3.94. The fourth-order valence-corrected chi connectivity index (χ4v) is 3.35. The van der Waals surface area contributed by atoms with Crippen LogP contribution in [0.3, 0.4) is 0 Å². The van der Waals surface area contributed by atoms with E-state index in [1.165, 1.54) is 12.8 Å². The number of nitrogens with zero attached hydrogens (tertiary/aromatic N) is 1. The molecule has 0 atom stereocenters. The van der Waals surface area contributed by atoms with Gasteiger partial charge in [-0.05, 0) is 25.7 Å². The Hall–Kier alpha value is -1.04. The third-order valence-corrected chi connectivity index (χ3v) is 4.78. The van der Waals surface area contributed by atoms with Crippen LogP contribution in [0.2, 0.25) is 0 Å². The van der Waals surface area contributed by atoms with Crippen molar-refractivity contribution in [2.45, 2.75) is 76.7 Å². The predicted molar refractivity (Wildman–Crippen MR) is 70.8 cm³/mol. The van der Waals surface area contributed by atoms with Crippen molar-refractivity contribution >= 4 is 5.91 Å². The van der Waals surface area contributed by atoms with Crippen molar-refractivity contribution in [2.24, 2.45) is 5.41 Å². The summed E-state index contributed by atoms with van der Waals surface area (Å²) in [5.74, 6) is 0.116. The van der Waals surface area contributed by atoms with E-state index in [9.17, 15) is 10.1 Å². The molecule has 18 heavy (non-hydrogen) atoms. The average Bonchev–Trinajstić information content (AvgIpc) is 2.40. The SMILES string of the molecule is CC1(C(=O)NC2(C#N)CCCCC2)CCCCC1. The zero-order valence-corrected chi connectivity index (χ0v) is 11.4. The molecular formula is C15H24N2O. The summed E-state index contributed by atoms with van der Waals surface area (Å²) in [6.45, 7) is 2.06. The van der Waals surface area contributed by atoms with Crippen LogP contribution in [-0.4, -0.2) is 11.4 Å². The van der Waals surface area contributed by atoms with Crippen molar-refractivity contribution in [3.8, 4) is 6.07 Å². The minimum atomic E-state index is -0.574. The van der Waals surface area contributed by atoms with Gasteiger partial charge in [0.15, 0.2) is 0 Å². The van der Waals surface area contributed by atoms with E-state index in [0.717, 1.165) is 51.4 Å². The van der Waals surface area contributed by atoms with Crippen molar-refractivity contribution in [3.05, 3.63) is 0 Å².